The molecule has 1 heterocycles. The summed E-state index contributed by atoms with van der Waals surface area (Å²) in [5.74, 6) is -0.314. The van der Waals surface area contributed by atoms with Crippen LogP contribution in [0.2, 0.25) is 5.02 Å². The fourth-order valence-corrected chi connectivity index (χ4v) is 4.17. The standard InChI is InChI=1S/C25H27ClFNO4/c1-5-14(2)22(13-29)28-12-19(15(3)30)25(31)18-10-17(23(32-4)11-21(18)28)9-16-7-6-8-20(26)24(16)27/h6-8,10-12,14,22,29H,5,9,13H2,1-4H3/t14-,22+/m0/s1. The maximum atomic E-state index is 14.5. The predicted octanol–water partition coefficient (Wildman–Crippen LogP) is 5.18. The molecule has 3 aromatic rings. The van der Waals surface area contributed by atoms with Crippen molar-refractivity contribution in [1.82, 2.24) is 4.57 Å². The van der Waals surface area contributed by atoms with Gasteiger partial charge >= 0.3 is 0 Å². The molecule has 2 aromatic carbocycles. The molecule has 0 amide bonds. The quantitative estimate of drug-likeness (QED) is 0.471. The van der Waals surface area contributed by atoms with Crippen molar-refractivity contribution >= 4 is 28.3 Å². The molecule has 3 rings (SSSR count). The van der Waals surface area contributed by atoms with E-state index in [4.69, 9.17) is 16.3 Å². The number of fused-ring (bicyclic) bond motifs is 1. The van der Waals surface area contributed by atoms with Gasteiger partial charge in [0.25, 0.3) is 0 Å². The number of halogens is 2. The lowest BCUT2D eigenvalue weighted by atomic mass is 9.96. The number of benzene rings is 2. The summed E-state index contributed by atoms with van der Waals surface area (Å²) in [6.45, 7) is 5.21. The second kappa shape index (κ2) is 9.84. The van der Waals surface area contributed by atoms with E-state index >= 15 is 0 Å². The number of methoxy groups -OCH3 is 1. The van der Waals surface area contributed by atoms with E-state index in [0.29, 0.717) is 27.8 Å². The van der Waals surface area contributed by atoms with Crippen LogP contribution in [0.4, 0.5) is 4.39 Å². The van der Waals surface area contributed by atoms with Crippen LogP contribution in [-0.2, 0) is 6.42 Å². The van der Waals surface area contributed by atoms with E-state index < -0.39 is 11.2 Å². The summed E-state index contributed by atoms with van der Waals surface area (Å²) in [7, 11) is 1.50. The van der Waals surface area contributed by atoms with Crippen molar-refractivity contribution in [2.45, 2.75) is 39.7 Å². The molecule has 0 aliphatic rings. The van der Waals surface area contributed by atoms with Crippen molar-refractivity contribution in [2.75, 3.05) is 13.7 Å². The Bertz CT molecular complexity index is 1220. The average molecular weight is 460 g/mol. The van der Waals surface area contributed by atoms with Gasteiger partial charge in [0, 0.05) is 24.1 Å². The van der Waals surface area contributed by atoms with Gasteiger partial charge in [0.2, 0.25) is 0 Å². The first kappa shape index (κ1) is 24.0. The van der Waals surface area contributed by atoms with Gasteiger partial charge < -0.3 is 14.4 Å². The Morgan fingerprint density at radius 1 is 1.28 bits per heavy atom. The van der Waals surface area contributed by atoms with Crippen LogP contribution in [0.1, 0.15) is 54.7 Å². The Morgan fingerprint density at radius 2 is 2.00 bits per heavy atom. The molecule has 0 spiro atoms. The number of ether oxygens (including phenoxy) is 1. The zero-order valence-electron chi connectivity index (χ0n) is 18.6. The van der Waals surface area contributed by atoms with Crippen LogP contribution in [0.15, 0.2) is 41.3 Å². The zero-order chi connectivity index (χ0) is 23.6. The largest absolute Gasteiger partial charge is 0.496 e. The second-order valence-corrected chi connectivity index (χ2v) is 8.45. The number of ketones is 1. The van der Waals surface area contributed by atoms with Gasteiger partial charge in [-0.05, 0) is 36.1 Å². The molecule has 1 N–H and O–H groups in total. The van der Waals surface area contributed by atoms with Gasteiger partial charge in [-0.25, -0.2) is 4.39 Å². The molecule has 0 unspecified atom stereocenters. The van der Waals surface area contributed by atoms with Gasteiger partial charge in [-0.3, -0.25) is 9.59 Å². The third-order valence-corrected chi connectivity index (χ3v) is 6.36. The minimum absolute atomic E-state index is 0.0165. The van der Waals surface area contributed by atoms with Crippen LogP contribution in [0.25, 0.3) is 10.9 Å². The molecule has 32 heavy (non-hydrogen) atoms. The molecule has 0 aliphatic carbocycles. The van der Waals surface area contributed by atoms with Crippen molar-refractivity contribution in [3.8, 4) is 5.75 Å². The average Bonchev–Trinajstić information content (AvgIpc) is 2.78. The molecule has 0 saturated carbocycles. The van der Waals surface area contributed by atoms with Crippen molar-refractivity contribution in [2.24, 2.45) is 5.92 Å². The first-order valence-corrected chi connectivity index (χ1v) is 10.9. The number of aliphatic hydroxyl groups excluding tert-OH is 1. The lowest BCUT2D eigenvalue weighted by Gasteiger charge is -2.27. The topological polar surface area (TPSA) is 68.5 Å². The van der Waals surface area contributed by atoms with Gasteiger partial charge in [-0.1, -0.05) is 44.0 Å². The van der Waals surface area contributed by atoms with E-state index in [9.17, 15) is 19.1 Å². The number of rotatable bonds is 8. The second-order valence-electron chi connectivity index (χ2n) is 8.04. The summed E-state index contributed by atoms with van der Waals surface area (Å²) in [4.78, 5) is 25.4. The van der Waals surface area contributed by atoms with E-state index in [0.717, 1.165) is 6.42 Å². The highest BCUT2D eigenvalue weighted by Crippen LogP contribution is 2.32. The first-order chi connectivity index (χ1) is 15.2. The number of carbonyl (C=O) groups excluding carboxylic acids is 1. The van der Waals surface area contributed by atoms with Crippen LogP contribution in [-0.4, -0.2) is 29.2 Å². The van der Waals surface area contributed by atoms with Crippen LogP contribution >= 0.6 is 11.6 Å². The molecule has 5 nitrogen and oxygen atoms in total. The molecule has 0 bridgehead atoms. The predicted molar refractivity (Wildman–Crippen MR) is 125 cm³/mol. The van der Waals surface area contributed by atoms with Crippen molar-refractivity contribution in [3.05, 3.63) is 74.3 Å². The Balaban J connectivity index is 2.32. The van der Waals surface area contributed by atoms with E-state index in [2.05, 4.69) is 0 Å². The Kier molecular flexibility index (Phi) is 7.36. The highest BCUT2D eigenvalue weighted by molar-refractivity contribution is 6.30. The maximum absolute atomic E-state index is 14.5. The number of carbonyl (C=O) groups is 1. The van der Waals surface area contributed by atoms with Gasteiger partial charge in [-0.2, -0.15) is 0 Å². The third-order valence-electron chi connectivity index (χ3n) is 6.07. The van der Waals surface area contributed by atoms with E-state index in [-0.39, 0.29) is 41.4 Å². The van der Waals surface area contributed by atoms with Gasteiger partial charge in [0.1, 0.15) is 11.6 Å². The Morgan fingerprint density at radius 3 is 2.59 bits per heavy atom. The van der Waals surface area contributed by atoms with Crippen molar-refractivity contribution < 1.29 is 19.0 Å². The lowest BCUT2D eigenvalue weighted by Crippen LogP contribution is -2.25. The SMILES string of the molecule is CC[C@H](C)[C@@H](CO)n1cc(C(C)=O)c(=O)c2cc(Cc3cccc(Cl)c3F)c(OC)cc21. The Labute approximate surface area is 191 Å². The minimum atomic E-state index is -0.525. The summed E-state index contributed by atoms with van der Waals surface area (Å²) in [5, 5.41) is 10.4. The van der Waals surface area contributed by atoms with E-state index in [1.807, 2.05) is 13.8 Å². The fourth-order valence-electron chi connectivity index (χ4n) is 3.98. The minimum Gasteiger partial charge on any atom is -0.496 e. The number of aliphatic hydroxyl groups is 1. The lowest BCUT2D eigenvalue weighted by molar-refractivity contribution is 0.101. The highest BCUT2D eigenvalue weighted by atomic mass is 35.5. The zero-order valence-corrected chi connectivity index (χ0v) is 19.4. The number of nitrogens with zero attached hydrogens (tertiary/aromatic N) is 1. The maximum Gasteiger partial charge on any atom is 0.200 e. The molecule has 7 heteroatoms. The molecular weight excluding hydrogens is 433 g/mol. The normalized spacial score (nSPS) is 13.2. The smallest absolute Gasteiger partial charge is 0.200 e. The van der Waals surface area contributed by atoms with E-state index in [1.54, 1.807) is 28.8 Å². The molecular formula is C25H27ClFNO4. The molecule has 0 saturated heterocycles. The number of aromatic nitrogens is 1. The number of pyridine rings is 1. The van der Waals surface area contributed by atoms with E-state index in [1.165, 1.54) is 26.3 Å². The van der Waals surface area contributed by atoms with Crippen molar-refractivity contribution in [1.29, 1.82) is 0 Å². The molecule has 0 radical (unpaired) electrons. The number of hydrogen-bond donors (Lipinski definition) is 1. The van der Waals surface area contributed by atoms with Gasteiger partial charge in [0.15, 0.2) is 11.2 Å². The fraction of sp³-hybridized carbons (Fsp3) is 0.360. The molecule has 0 fully saturated rings. The highest BCUT2D eigenvalue weighted by Gasteiger charge is 2.23. The van der Waals surface area contributed by atoms with Crippen LogP contribution in [0, 0.1) is 11.7 Å². The summed E-state index contributed by atoms with van der Waals surface area (Å²) >= 11 is 5.92. The monoisotopic (exact) mass is 459 g/mol. The van der Waals surface area contributed by atoms with Gasteiger partial charge in [-0.15, -0.1) is 0 Å². The third kappa shape index (κ3) is 4.43. The van der Waals surface area contributed by atoms with Gasteiger partial charge in [0.05, 0.1) is 35.9 Å². The summed E-state index contributed by atoms with van der Waals surface area (Å²) in [6.07, 6.45) is 2.48. The molecule has 2 atom stereocenters. The molecule has 170 valence electrons. The number of hydrogen-bond acceptors (Lipinski definition) is 4. The van der Waals surface area contributed by atoms with Crippen LogP contribution < -0.4 is 10.2 Å². The number of Topliss-reactive ketones (excluding diaryl/α,β-unsaturated/α-hetero) is 1. The summed E-state index contributed by atoms with van der Waals surface area (Å²) < 4.78 is 21.9. The molecule has 0 aliphatic heterocycles. The first-order valence-electron chi connectivity index (χ1n) is 10.5. The molecule has 1 aromatic heterocycles. The summed E-state index contributed by atoms with van der Waals surface area (Å²) in [5.41, 5.74) is 1.15. The van der Waals surface area contributed by atoms with Crippen LogP contribution in [0.5, 0.6) is 5.75 Å². The van der Waals surface area contributed by atoms with Crippen LogP contribution in [0.3, 0.4) is 0 Å². The summed E-state index contributed by atoms with van der Waals surface area (Å²) in [6, 6.07) is 7.78. The Hall–Kier alpha value is -2.70. The van der Waals surface area contributed by atoms with Crippen molar-refractivity contribution in [3.63, 3.8) is 0 Å².